The van der Waals surface area contributed by atoms with E-state index in [1.165, 1.54) is 25.7 Å². The van der Waals surface area contributed by atoms with E-state index in [-0.39, 0.29) is 0 Å². The first kappa shape index (κ1) is 10.2. The monoisotopic (exact) mass is 194 g/mol. The van der Waals surface area contributed by atoms with Gasteiger partial charge in [-0.2, -0.15) is 0 Å². The number of fused-ring (bicyclic) bond motifs is 2. The summed E-state index contributed by atoms with van der Waals surface area (Å²) in [5.41, 5.74) is 0.522. The average molecular weight is 194 g/mol. The second-order valence-corrected chi connectivity index (χ2v) is 5.63. The van der Waals surface area contributed by atoms with Gasteiger partial charge in [-0.3, -0.25) is 4.79 Å². The summed E-state index contributed by atoms with van der Waals surface area (Å²) in [4.78, 5) is 11.3. The van der Waals surface area contributed by atoms with Crippen molar-refractivity contribution >= 4 is 5.78 Å². The third-order valence-corrected chi connectivity index (χ3v) is 4.65. The second kappa shape index (κ2) is 3.67. The lowest BCUT2D eigenvalue weighted by molar-refractivity contribution is -0.119. The molecule has 0 heterocycles. The fraction of sp³-hybridized carbons (Fsp3) is 0.923. The highest BCUT2D eigenvalue weighted by Crippen LogP contribution is 2.57. The summed E-state index contributed by atoms with van der Waals surface area (Å²) in [6.45, 7) is 4.39. The van der Waals surface area contributed by atoms with Crippen LogP contribution < -0.4 is 0 Å². The van der Waals surface area contributed by atoms with Gasteiger partial charge in [0.15, 0.2) is 0 Å². The molecule has 0 aromatic rings. The van der Waals surface area contributed by atoms with E-state index in [1.54, 1.807) is 0 Å². The molecule has 2 rings (SSSR count). The lowest BCUT2D eigenvalue weighted by Crippen LogP contribution is -2.24. The lowest BCUT2D eigenvalue weighted by atomic mass is 9.71. The van der Waals surface area contributed by atoms with Crippen molar-refractivity contribution in [2.75, 3.05) is 0 Å². The summed E-state index contributed by atoms with van der Waals surface area (Å²) in [5.74, 6) is 2.40. The van der Waals surface area contributed by atoms with Crippen LogP contribution in [-0.2, 0) is 4.79 Å². The van der Waals surface area contributed by atoms with E-state index < -0.39 is 0 Å². The van der Waals surface area contributed by atoms with Gasteiger partial charge in [0, 0.05) is 12.8 Å². The molecule has 0 radical (unpaired) electrons. The predicted molar refractivity (Wildman–Crippen MR) is 58.1 cm³/mol. The van der Waals surface area contributed by atoms with Gasteiger partial charge in [-0.15, -0.1) is 0 Å². The zero-order chi connectivity index (χ0) is 10.2. The van der Waals surface area contributed by atoms with E-state index in [4.69, 9.17) is 0 Å². The quantitative estimate of drug-likeness (QED) is 0.668. The minimum Gasteiger partial charge on any atom is -0.300 e. The fourth-order valence-electron chi connectivity index (χ4n) is 3.63. The highest BCUT2D eigenvalue weighted by molar-refractivity contribution is 5.77. The van der Waals surface area contributed by atoms with Crippen LogP contribution in [0.3, 0.4) is 0 Å². The largest absolute Gasteiger partial charge is 0.300 e. The number of ketones is 1. The predicted octanol–water partition coefficient (Wildman–Crippen LogP) is 3.57. The Bertz CT molecular complexity index is 233. The number of hydrogen-bond acceptors (Lipinski definition) is 1. The molecule has 2 saturated carbocycles. The Hall–Kier alpha value is -0.330. The molecule has 0 spiro atoms. The minimum absolute atomic E-state index is 0.453. The number of carbonyl (C=O) groups excluding carboxylic acids is 1. The first-order chi connectivity index (χ1) is 6.64. The van der Waals surface area contributed by atoms with E-state index in [0.717, 1.165) is 31.1 Å². The molecule has 3 atom stereocenters. The van der Waals surface area contributed by atoms with E-state index in [1.807, 2.05) is 6.92 Å². The smallest absolute Gasteiger partial charge is 0.132 e. The number of carbonyl (C=O) groups is 1. The van der Waals surface area contributed by atoms with Gasteiger partial charge < -0.3 is 0 Å². The van der Waals surface area contributed by atoms with Crippen molar-refractivity contribution < 1.29 is 4.79 Å². The molecule has 2 fully saturated rings. The molecule has 0 N–H and O–H groups in total. The summed E-state index contributed by atoms with van der Waals surface area (Å²) in [6.07, 6.45) is 8.45. The average Bonchev–Trinajstić information content (AvgIpc) is 2.74. The Kier molecular flexibility index (Phi) is 2.68. The Morgan fingerprint density at radius 2 is 2.21 bits per heavy atom. The maximum atomic E-state index is 11.3. The van der Waals surface area contributed by atoms with Crippen molar-refractivity contribution in [2.24, 2.45) is 17.3 Å². The molecular weight excluding hydrogens is 172 g/mol. The number of hydrogen-bond donors (Lipinski definition) is 0. The summed E-state index contributed by atoms with van der Waals surface area (Å²) >= 11 is 0. The molecule has 0 amide bonds. The molecule has 1 heteroatoms. The molecule has 3 unspecified atom stereocenters. The molecular formula is C13H22O. The van der Waals surface area contributed by atoms with Crippen LogP contribution in [0.15, 0.2) is 0 Å². The topological polar surface area (TPSA) is 17.1 Å². The van der Waals surface area contributed by atoms with Crippen LogP contribution in [0.25, 0.3) is 0 Å². The van der Waals surface area contributed by atoms with Crippen LogP contribution in [-0.4, -0.2) is 5.78 Å². The van der Waals surface area contributed by atoms with Crippen molar-refractivity contribution in [3.8, 4) is 0 Å². The van der Waals surface area contributed by atoms with Gasteiger partial charge in [-0.05, 0) is 42.9 Å². The van der Waals surface area contributed by atoms with Gasteiger partial charge in [-0.25, -0.2) is 0 Å². The van der Waals surface area contributed by atoms with Crippen LogP contribution in [0.4, 0.5) is 0 Å². The molecule has 2 aliphatic rings. The van der Waals surface area contributed by atoms with Gasteiger partial charge in [-0.1, -0.05) is 20.3 Å². The third kappa shape index (κ3) is 1.74. The molecule has 0 saturated heterocycles. The highest BCUT2D eigenvalue weighted by atomic mass is 16.1. The summed E-state index contributed by atoms with van der Waals surface area (Å²) < 4.78 is 0. The maximum Gasteiger partial charge on any atom is 0.132 e. The Morgan fingerprint density at radius 1 is 1.43 bits per heavy atom. The summed E-state index contributed by atoms with van der Waals surface area (Å²) in [6, 6.07) is 0. The van der Waals surface area contributed by atoms with E-state index in [2.05, 4.69) is 6.92 Å². The van der Waals surface area contributed by atoms with Gasteiger partial charge >= 0.3 is 0 Å². The Morgan fingerprint density at radius 3 is 2.71 bits per heavy atom. The fourth-order valence-corrected chi connectivity index (χ4v) is 3.63. The molecule has 2 bridgehead atoms. The molecule has 0 aromatic heterocycles. The second-order valence-electron chi connectivity index (χ2n) is 5.63. The summed E-state index contributed by atoms with van der Waals surface area (Å²) in [5, 5.41) is 0. The highest BCUT2D eigenvalue weighted by Gasteiger charge is 2.47. The first-order valence-corrected chi connectivity index (χ1v) is 6.16. The van der Waals surface area contributed by atoms with Gasteiger partial charge in [0.25, 0.3) is 0 Å². The Labute approximate surface area is 87.3 Å². The normalized spacial score (nSPS) is 40.4. The molecule has 14 heavy (non-hydrogen) atoms. The number of Topliss-reactive ketones (excluding diaryl/α,β-unsaturated/α-hetero) is 1. The van der Waals surface area contributed by atoms with E-state index in [9.17, 15) is 4.79 Å². The van der Waals surface area contributed by atoms with Crippen molar-refractivity contribution in [3.05, 3.63) is 0 Å². The third-order valence-electron chi connectivity index (χ3n) is 4.65. The van der Waals surface area contributed by atoms with Gasteiger partial charge in [0.2, 0.25) is 0 Å². The minimum atomic E-state index is 0.453. The van der Waals surface area contributed by atoms with Crippen LogP contribution in [0.2, 0.25) is 0 Å². The lowest BCUT2D eigenvalue weighted by Gasteiger charge is -2.33. The van der Waals surface area contributed by atoms with E-state index >= 15 is 0 Å². The molecule has 0 aliphatic heterocycles. The van der Waals surface area contributed by atoms with Crippen LogP contribution in [0.1, 0.15) is 58.8 Å². The molecule has 0 aromatic carbocycles. The van der Waals surface area contributed by atoms with Gasteiger partial charge in [0.1, 0.15) is 5.78 Å². The SMILES string of the molecule is CCC(=O)CCC1(C)CC2CCC1C2. The van der Waals surface area contributed by atoms with Gasteiger partial charge in [0.05, 0.1) is 0 Å². The van der Waals surface area contributed by atoms with Crippen LogP contribution in [0.5, 0.6) is 0 Å². The summed E-state index contributed by atoms with van der Waals surface area (Å²) in [7, 11) is 0. The number of rotatable bonds is 4. The van der Waals surface area contributed by atoms with Crippen molar-refractivity contribution in [1.82, 2.24) is 0 Å². The van der Waals surface area contributed by atoms with E-state index in [0.29, 0.717) is 11.2 Å². The first-order valence-electron chi connectivity index (χ1n) is 6.16. The van der Waals surface area contributed by atoms with Crippen molar-refractivity contribution in [3.63, 3.8) is 0 Å². The Balaban J connectivity index is 1.88. The molecule has 1 nitrogen and oxygen atoms in total. The van der Waals surface area contributed by atoms with Crippen molar-refractivity contribution in [2.45, 2.75) is 58.8 Å². The maximum absolute atomic E-state index is 11.3. The van der Waals surface area contributed by atoms with Crippen LogP contribution in [0, 0.1) is 17.3 Å². The van der Waals surface area contributed by atoms with Crippen LogP contribution >= 0.6 is 0 Å². The zero-order valence-electron chi connectivity index (χ0n) is 9.51. The zero-order valence-corrected chi connectivity index (χ0v) is 9.51. The van der Waals surface area contributed by atoms with Crippen molar-refractivity contribution in [1.29, 1.82) is 0 Å². The standard InChI is InChI=1S/C13H22O/c1-3-12(14)6-7-13(2)9-10-4-5-11(13)8-10/h10-11H,3-9H2,1-2H3. The molecule has 2 aliphatic carbocycles. The molecule has 80 valence electrons.